The summed E-state index contributed by atoms with van der Waals surface area (Å²) < 4.78 is 0. The molecule has 0 aromatic carbocycles. The summed E-state index contributed by atoms with van der Waals surface area (Å²) in [5, 5.41) is 0. The summed E-state index contributed by atoms with van der Waals surface area (Å²) in [6, 6.07) is 0.538. The molecule has 0 spiro atoms. The van der Waals surface area contributed by atoms with Crippen LogP contribution < -0.4 is 11.3 Å². The maximum absolute atomic E-state index is 6.05. The fourth-order valence-corrected chi connectivity index (χ4v) is 5.17. The SMILES string of the molecule is NNC(C1CCCC1)C1(N2CCCCC2)CCCC1. The summed E-state index contributed by atoms with van der Waals surface area (Å²) in [4.78, 5) is 2.83. The summed E-state index contributed by atoms with van der Waals surface area (Å²) in [6.45, 7) is 2.62. The first kappa shape index (κ1) is 13.8. The number of nitrogens with one attached hydrogen (secondary N) is 1. The molecule has 3 nitrogen and oxygen atoms in total. The van der Waals surface area contributed by atoms with Crippen LogP contribution >= 0.6 is 0 Å². The van der Waals surface area contributed by atoms with Gasteiger partial charge < -0.3 is 0 Å². The van der Waals surface area contributed by atoms with Gasteiger partial charge in [0, 0.05) is 11.6 Å². The van der Waals surface area contributed by atoms with Crippen molar-refractivity contribution in [2.45, 2.75) is 82.2 Å². The largest absolute Gasteiger partial charge is 0.296 e. The lowest BCUT2D eigenvalue weighted by molar-refractivity contribution is 0.0176. The summed E-state index contributed by atoms with van der Waals surface area (Å²) in [7, 11) is 0. The second-order valence-electron chi connectivity index (χ2n) is 7.05. The third-order valence-electron chi connectivity index (χ3n) is 6.08. The Bertz CT molecular complexity index is 274. The van der Waals surface area contributed by atoms with Gasteiger partial charge in [-0.15, -0.1) is 0 Å². The average Bonchev–Trinajstić information content (AvgIpc) is 3.13. The van der Waals surface area contributed by atoms with Crippen LogP contribution in [0.25, 0.3) is 0 Å². The van der Waals surface area contributed by atoms with Crippen LogP contribution in [0.5, 0.6) is 0 Å². The molecule has 0 aromatic rings. The number of hydrogen-bond donors (Lipinski definition) is 2. The minimum Gasteiger partial charge on any atom is -0.296 e. The highest BCUT2D eigenvalue weighted by Gasteiger charge is 2.48. The molecule has 110 valence electrons. The van der Waals surface area contributed by atoms with E-state index >= 15 is 0 Å². The molecule has 1 atom stereocenters. The maximum atomic E-state index is 6.05. The molecular weight excluding hydrogens is 234 g/mol. The van der Waals surface area contributed by atoms with Gasteiger partial charge in [-0.2, -0.15) is 0 Å². The van der Waals surface area contributed by atoms with Crippen LogP contribution in [0.4, 0.5) is 0 Å². The van der Waals surface area contributed by atoms with E-state index < -0.39 is 0 Å². The number of rotatable bonds is 4. The molecule has 0 radical (unpaired) electrons. The highest BCUT2D eigenvalue weighted by atomic mass is 15.3. The lowest BCUT2D eigenvalue weighted by Gasteiger charge is -2.50. The van der Waals surface area contributed by atoms with Gasteiger partial charge in [-0.05, 0) is 57.5 Å². The smallest absolute Gasteiger partial charge is 0.0422 e. The van der Waals surface area contributed by atoms with Crippen molar-refractivity contribution in [3.05, 3.63) is 0 Å². The number of nitrogens with zero attached hydrogens (tertiary/aromatic N) is 1. The Morgan fingerprint density at radius 1 is 0.895 bits per heavy atom. The maximum Gasteiger partial charge on any atom is 0.0422 e. The van der Waals surface area contributed by atoms with Crippen molar-refractivity contribution in [2.75, 3.05) is 13.1 Å². The van der Waals surface area contributed by atoms with Gasteiger partial charge in [0.05, 0.1) is 0 Å². The van der Waals surface area contributed by atoms with E-state index in [4.69, 9.17) is 5.84 Å². The molecule has 3 fully saturated rings. The van der Waals surface area contributed by atoms with Crippen LogP contribution in [0.15, 0.2) is 0 Å². The number of likely N-dealkylation sites (tertiary alicyclic amines) is 1. The first-order chi connectivity index (χ1) is 9.37. The molecule has 0 amide bonds. The van der Waals surface area contributed by atoms with Crippen LogP contribution in [0, 0.1) is 5.92 Å². The van der Waals surface area contributed by atoms with E-state index in [1.165, 1.54) is 83.7 Å². The van der Waals surface area contributed by atoms with Gasteiger partial charge in [0.2, 0.25) is 0 Å². The number of piperidine rings is 1. The predicted octanol–water partition coefficient (Wildman–Crippen LogP) is 2.81. The van der Waals surface area contributed by atoms with Gasteiger partial charge in [0.25, 0.3) is 0 Å². The molecule has 1 aliphatic heterocycles. The molecule has 1 saturated heterocycles. The van der Waals surface area contributed by atoms with Crippen LogP contribution in [0.2, 0.25) is 0 Å². The first-order valence-corrected chi connectivity index (χ1v) is 8.58. The zero-order valence-electron chi connectivity index (χ0n) is 12.4. The molecule has 3 heteroatoms. The minimum atomic E-state index is 0.393. The van der Waals surface area contributed by atoms with Crippen LogP contribution in [0.1, 0.15) is 70.6 Å². The van der Waals surface area contributed by atoms with Gasteiger partial charge >= 0.3 is 0 Å². The highest BCUT2D eigenvalue weighted by molar-refractivity contribution is 5.06. The molecule has 1 unspecified atom stereocenters. The van der Waals surface area contributed by atoms with Crippen molar-refractivity contribution in [3.63, 3.8) is 0 Å². The molecule has 2 saturated carbocycles. The van der Waals surface area contributed by atoms with Crippen LogP contribution in [-0.4, -0.2) is 29.6 Å². The summed E-state index contributed by atoms with van der Waals surface area (Å²) in [5.41, 5.74) is 3.68. The fraction of sp³-hybridized carbons (Fsp3) is 1.00. The predicted molar refractivity (Wildman–Crippen MR) is 79.7 cm³/mol. The number of nitrogens with two attached hydrogens (primary N) is 1. The Hall–Kier alpha value is -0.120. The van der Waals surface area contributed by atoms with Crippen molar-refractivity contribution in [1.82, 2.24) is 10.3 Å². The van der Waals surface area contributed by atoms with Crippen LogP contribution in [-0.2, 0) is 0 Å². The topological polar surface area (TPSA) is 41.3 Å². The Labute approximate surface area is 118 Å². The quantitative estimate of drug-likeness (QED) is 0.606. The highest BCUT2D eigenvalue weighted by Crippen LogP contribution is 2.44. The van der Waals surface area contributed by atoms with Crippen molar-refractivity contribution in [2.24, 2.45) is 11.8 Å². The zero-order chi connectivity index (χ0) is 13.1. The van der Waals surface area contributed by atoms with E-state index in [1.54, 1.807) is 0 Å². The van der Waals surface area contributed by atoms with Crippen LogP contribution in [0.3, 0.4) is 0 Å². The molecule has 3 rings (SSSR count). The molecule has 2 aliphatic carbocycles. The zero-order valence-corrected chi connectivity index (χ0v) is 12.4. The van der Waals surface area contributed by atoms with Crippen molar-refractivity contribution >= 4 is 0 Å². The van der Waals surface area contributed by atoms with E-state index in [0.29, 0.717) is 11.6 Å². The van der Waals surface area contributed by atoms with E-state index in [9.17, 15) is 0 Å². The Morgan fingerprint density at radius 2 is 1.53 bits per heavy atom. The Kier molecular flexibility index (Phi) is 4.45. The van der Waals surface area contributed by atoms with Gasteiger partial charge in [0.1, 0.15) is 0 Å². The summed E-state index contributed by atoms with van der Waals surface area (Å²) in [5.74, 6) is 6.87. The second kappa shape index (κ2) is 6.11. The summed E-state index contributed by atoms with van der Waals surface area (Å²) >= 11 is 0. The molecule has 3 N–H and O–H groups in total. The molecule has 0 bridgehead atoms. The third kappa shape index (κ3) is 2.57. The number of hydrogen-bond acceptors (Lipinski definition) is 3. The van der Waals surface area contributed by atoms with Gasteiger partial charge in [-0.3, -0.25) is 16.2 Å². The monoisotopic (exact) mass is 265 g/mol. The minimum absolute atomic E-state index is 0.393. The van der Waals surface area contributed by atoms with Gasteiger partial charge in [-0.25, -0.2) is 0 Å². The number of hydrazine groups is 1. The van der Waals surface area contributed by atoms with Crippen molar-refractivity contribution in [3.8, 4) is 0 Å². The van der Waals surface area contributed by atoms with E-state index in [2.05, 4.69) is 10.3 Å². The molecule has 3 aliphatic rings. The lowest BCUT2D eigenvalue weighted by Crippen LogP contribution is -2.64. The fourth-order valence-electron chi connectivity index (χ4n) is 5.17. The molecular formula is C16H31N3. The van der Waals surface area contributed by atoms with Crippen molar-refractivity contribution < 1.29 is 0 Å². The standard InChI is InChI=1S/C16H31N3/c17-18-15(14-8-2-3-9-14)16(10-4-5-11-16)19-12-6-1-7-13-19/h14-15,18H,1-13,17H2. The lowest BCUT2D eigenvalue weighted by atomic mass is 9.77. The summed E-state index contributed by atoms with van der Waals surface area (Å²) in [6.07, 6.45) is 15.4. The Balaban J connectivity index is 1.80. The van der Waals surface area contributed by atoms with Gasteiger partial charge in [-0.1, -0.05) is 32.1 Å². The Morgan fingerprint density at radius 3 is 2.11 bits per heavy atom. The second-order valence-corrected chi connectivity index (χ2v) is 7.05. The van der Waals surface area contributed by atoms with E-state index in [1.807, 2.05) is 0 Å². The average molecular weight is 265 g/mol. The molecule has 0 aromatic heterocycles. The molecule has 1 heterocycles. The van der Waals surface area contributed by atoms with Crippen molar-refractivity contribution in [1.29, 1.82) is 0 Å². The van der Waals surface area contributed by atoms with Gasteiger partial charge in [0.15, 0.2) is 0 Å². The van der Waals surface area contributed by atoms with E-state index in [0.717, 1.165) is 5.92 Å². The third-order valence-corrected chi connectivity index (χ3v) is 6.08. The van der Waals surface area contributed by atoms with E-state index in [-0.39, 0.29) is 0 Å². The molecule has 19 heavy (non-hydrogen) atoms. The normalized spacial score (nSPS) is 30.8. The first-order valence-electron chi connectivity index (χ1n) is 8.58.